The average molecular weight is 377 g/mol. The zero-order chi connectivity index (χ0) is 18.8. The number of fused-ring (bicyclic) bond motifs is 2. The highest BCUT2D eigenvalue weighted by Gasteiger charge is 2.15. The molecule has 0 aliphatic carbocycles. The third-order valence-corrected chi connectivity index (χ3v) is 5.29. The molecule has 3 aromatic carbocycles. The molecule has 1 heterocycles. The molecule has 0 saturated carbocycles. The van der Waals surface area contributed by atoms with Crippen molar-refractivity contribution in [2.24, 2.45) is 0 Å². The monoisotopic (exact) mass is 376 g/mol. The van der Waals surface area contributed by atoms with Crippen LogP contribution in [0.4, 0.5) is 0 Å². The van der Waals surface area contributed by atoms with Gasteiger partial charge in [-0.2, -0.15) is 0 Å². The van der Waals surface area contributed by atoms with Crippen LogP contribution in [0.15, 0.2) is 54.6 Å². The van der Waals surface area contributed by atoms with Crippen molar-refractivity contribution in [3.8, 4) is 0 Å². The van der Waals surface area contributed by atoms with Gasteiger partial charge in [0.15, 0.2) is 11.4 Å². The summed E-state index contributed by atoms with van der Waals surface area (Å²) in [6, 6.07) is 19.3. The number of halogens is 1. The molecule has 27 heavy (non-hydrogen) atoms. The number of unbranched alkanes of at least 4 members (excludes halogenated alkanes) is 1. The molecule has 0 aliphatic heterocycles. The Labute approximate surface area is 163 Å². The van der Waals surface area contributed by atoms with Gasteiger partial charge in [-0.3, -0.25) is 4.79 Å². The molecule has 0 saturated heterocycles. The van der Waals surface area contributed by atoms with Gasteiger partial charge in [-0.15, -0.1) is 0 Å². The van der Waals surface area contributed by atoms with E-state index in [9.17, 15) is 4.79 Å². The van der Waals surface area contributed by atoms with Crippen LogP contribution in [-0.2, 0) is 13.0 Å². The van der Waals surface area contributed by atoms with E-state index in [-0.39, 0.29) is 0 Å². The van der Waals surface area contributed by atoms with Crippen LogP contribution in [0.5, 0.6) is 0 Å². The number of carbonyl (C=O) groups excluding carboxylic acids is 1. The van der Waals surface area contributed by atoms with Crippen molar-refractivity contribution in [1.29, 1.82) is 0 Å². The lowest BCUT2D eigenvalue weighted by molar-refractivity contribution is 0.111. The molecule has 1 aromatic heterocycles. The van der Waals surface area contributed by atoms with Gasteiger partial charge in [0.25, 0.3) is 0 Å². The number of carbonyl (C=O) groups is 1. The number of benzene rings is 3. The topological polar surface area (TPSA) is 34.9 Å². The number of aryl methyl sites for hydroxylation is 1. The zero-order valence-electron chi connectivity index (χ0n) is 15.3. The van der Waals surface area contributed by atoms with E-state index >= 15 is 0 Å². The maximum Gasteiger partial charge on any atom is 0.169 e. The van der Waals surface area contributed by atoms with Crippen LogP contribution in [0.3, 0.4) is 0 Å². The van der Waals surface area contributed by atoms with Gasteiger partial charge in [0.05, 0.1) is 0 Å². The minimum atomic E-state index is 0.294. The Kier molecular flexibility index (Phi) is 4.95. The highest BCUT2D eigenvalue weighted by atomic mass is 35.5. The Morgan fingerprint density at radius 1 is 1.00 bits per heavy atom. The summed E-state index contributed by atoms with van der Waals surface area (Å²) >= 11 is 6.19. The zero-order valence-corrected chi connectivity index (χ0v) is 16.0. The largest absolute Gasteiger partial charge is 0.320 e. The number of hydrogen-bond acceptors (Lipinski definition) is 2. The number of rotatable bonds is 6. The van der Waals surface area contributed by atoms with E-state index in [1.54, 1.807) is 0 Å². The molecule has 0 radical (unpaired) electrons. The van der Waals surface area contributed by atoms with E-state index in [0.29, 0.717) is 17.4 Å². The van der Waals surface area contributed by atoms with E-state index in [2.05, 4.69) is 66.5 Å². The van der Waals surface area contributed by atoms with Crippen LogP contribution in [0.1, 0.15) is 41.6 Å². The second-order valence-corrected chi connectivity index (χ2v) is 7.25. The van der Waals surface area contributed by atoms with Crippen molar-refractivity contribution in [3.05, 3.63) is 76.8 Å². The third kappa shape index (κ3) is 3.47. The maximum absolute atomic E-state index is 11.5. The molecule has 0 aliphatic rings. The first kappa shape index (κ1) is 17.7. The van der Waals surface area contributed by atoms with Crippen LogP contribution >= 0.6 is 11.6 Å². The molecular formula is C23H21ClN2O. The standard InChI is InChI=1S/C23H21ClN2O/c1-2-3-8-22-25-23(24)21(15-27)26(22)14-16-9-10-19-12-17-6-4-5-7-18(17)13-20(19)11-16/h4-7,9-13,15H,2-3,8,14H2,1H3. The van der Waals surface area contributed by atoms with Gasteiger partial charge >= 0.3 is 0 Å². The predicted octanol–water partition coefficient (Wildman–Crippen LogP) is 6.05. The Bertz CT molecular complexity index is 1130. The predicted molar refractivity (Wildman–Crippen MR) is 112 cm³/mol. The first-order valence-corrected chi connectivity index (χ1v) is 9.69. The number of aromatic nitrogens is 2. The second kappa shape index (κ2) is 7.53. The first-order valence-electron chi connectivity index (χ1n) is 9.31. The Morgan fingerprint density at radius 3 is 2.41 bits per heavy atom. The summed E-state index contributed by atoms with van der Waals surface area (Å²) in [4.78, 5) is 16.0. The fourth-order valence-electron chi connectivity index (χ4n) is 3.57. The van der Waals surface area contributed by atoms with Crippen molar-refractivity contribution in [3.63, 3.8) is 0 Å². The number of imidazole rings is 1. The summed E-state index contributed by atoms with van der Waals surface area (Å²) in [7, 11) is 0. The Balaban J connectivity index is 1.74. The van der Waals surface area contributed by atoms with E-state index in [1.807, 2.05) is 4.57 Å². The molecule has 0 amide bonds. The lowest BCUT2D eigenvalue weighted by Gasteiger charge is -2.11. The van der Waals surface area contributed by atoms with E-state index < -0.39 is 0 Å². The highest BCUT2D eigenvalue weighted by molar-refractivity contribution is 6.31. The summed E-state index contributed by atoms with van der Waals surface area (Å²) in [6.45, 7) is 2.73. The van der Waals surface area contributed by atoms with Crippen molar-refractivity contribution in [2.75, 3.05) is 0 Å². The summed E-state index contributed by atoms with van der Waals surface area (Å²) < 4.78 is 1.95. The number of hydrogen-bond donors (Lipinski definition) is 0. The van der Waals surface area contributed by atoms with Gasteiger partial charge in [0.2, 0.25) is 0 Å². The summed E-state index contributed by atoms with van der Waals surface area (Å²) in [5.41, 5.74) is 1.59. The molecule has 0 atom stereocenters. The molecule has 3 nitrogen and oxygen atoms in total. The van der Waals surface area contributed by atoms with Crippen LogP contribution < -0.4 is 0 Å². The minimum absolute atomic E-state index is 0.294. The van der Waals surface area contributed by atoms with Crippen LogP contribution in [0.2, 0.25) is 5.15 Å². The van der Waals surface area contributed by atoms with Crippen molar-refractivity contribution in [1.82, 2.24) is 9.55 Å². The quantitative estimate of drug-likeness (QED) is 0.303. The highest BCUT2D eigenvalue weighted by Crippen LogP contribution is 2.25. The van der Waals surface area contributed by atoms with Crippen LogP contribution in [-0.4, -0.2) is 15.8 Å². The normalized spacial score (nSPS) is 11.3. The number of aldehydes is 1. The summed E-state index contributed by atoms with van der Waals surface area (Å²) in [6.07, 6.45) is 3.72. The fourth-order valence-corrected chi connectivity index (χ4v) is 3.81. The SMILES string of the molecule is CCCCc1nc(Cl)c(C=O)n1Cc1ccc2cc3ccccc3cc2c1. The van der Waals surface area contributed by atoms with E-state index in [4.69, 9.17) is 11.6 Å². The van der Waals surface area contributed by atoms with E-state index in [1.165, 1.54) is 21.5 Å². The smallest absolute Gasteiger partial charge is 0.169 e. The van der Waals surface area contributed by atoms with Gasteiger partial charge in [0, 0.05) is 13.0 Å². The first-order chi connectivity index (χ1) is 13.2. The lowest BCUT2D eigenvalue weighted by atomic mass is 10.0. The molecule has 0 unspecified atom stereocenters. The Morgan fingerprint density at radius 2 is 1.70 bits per heavy atom. The van der Waals surface area contributed by atoms with Crippen LogP contribution in [0, 0.1) is 0 Å². The van der Waals surface area contributed by atoms with Gasteiger partial charge in [-0.05, 0) is 51.7 Å². The lowest BCUT2D eigenvalue weighted by Crippen LogP contribution is -2.08. The molecule has 4 heteroatoms. The third-order valence-electron chi connectivity index (χ3n) is 5.02. The molecular weight excluding hydrogens is 356 g/mol. The maximum atomic E-state index is 11.5. The summed E-state index contributed by atoms with van der Waals surface area (Å²) in [5, 5.41) is 5.17. The van der Waals surface area contributed by atoms with Gasteiger partial charge in [0.1, 0.15) is 11.5 Å². The van der Waals surface area contributed by atoms with Crippen molar-refractivity contribution < 1.29 is 4.79 Å². The van der Waals surface area contributed by atoms with Gasteiger partial charge in [-0.25, -0.2) is 4.98 Å². The molecule has 0 fully saturated rings. The molecule has 0 N–H and O–H groups in total. The molecule has 136 valence electrons. The average Bonchev–Trinajstić information content (AvgIpc) is 2.98. The van der Waals surface area contributed by atoms with E-state index in [0.717, 1.165) is 36.9 Å². The Hall–Kier alpha value is -2.65. The molecule has 4 aromatic rings. The summed E-state index contributed by atoms with van der Waals surface area (Å²) in [5.74, 6) is 0.877. The number of nitrogens with zero attached hydrogens (tertiary/aromatic N) is 2. The van der Waals surface area contributed by atoms with Crippen molar-refractivity contribution in [2.45, 2.75) is 32.7 Å². The molecule has 4 rings (SSSR count). The van der Waals surface area contributed by atoms with Crippen molar-refractivity contribution >= 4 is 39.4 Å². The van der Waals surface area contributed by atoms with Crippen LogP contribution in [0.25, 0.3) is 21.5 Å². The second-order valence-electron chi connectivity index (χ2n) is 6.89. The minimum Gasteiger partial charge on any atom is -0.320 e. The molecule has 0 bridgehead atoms. The van der Waals surface area contributed by atoms with Gasteiger partial charge < -0.3 is 4.57 Å². The fraction of sp³-hybridized carbons (Fsp3) is 0.217. The van der Waals surface area contributed by atoms with Gasteiger partial charge in [-0.1, -0.05) is 61.3 Å². The molecule has 0 spiro atoms.